The Kier molecular flexibility index (Phi) is 4.94. The van der Waals surface area contributed by atoms with Crippen molar-refractivity contribution in [2.75, 3.05) is 19.7 Å². The van der Waals surface area contributed by atoms with Crippen molar-refractivity contribution >= 4 is 16.6 Å². The number of unbranched alkanes of at least 4 members (excludes halogenated alkanes) is 3. The molecular weight excluding hydrogens is 272 g/mol. The van der Waals surface area contributed by atoms with Crippen LogP contribution in [0.15, 0.2) is 41.4 Å². The maximum absolute atomic E-state index is 5.85. The van der Waals surface area contributed by atoms with E-state index in [-0.39, 0.29) is 0 Å². The number of fused-ring (bicyclic) bond motifs is 1. The highest BCUT2D eigenvalue weighted by Crippen LogP contribution is 2.23. The Morgan fingerprint density at radius 2 is 1.91 bits per heavy atom. The van der Waals surface area contributed by atoms with Crippen molar-refractivity contribution in [2.45, 2.75) is 32.6 Å². The molecule has 0 aliphatic carbocycles. The first-order valence-corrected chi connectivity index (χ1v) is 8.32. The molecule has 1 N–H and O–H groups in total. The Morgan fingerprint density at radius 3 is 2.73 bits per heavy atom. The normalized spacial score (nSPS) is 14.0. The Labute approximate surface area is 132 Å². The third-order valence-corrected chi connectivity index (χ3v) is 4.03. The van der Waals surface area contributed by atoms with Gasteiger partial charge in [0.2, 0.25) is 0 Å². The number of benzene rings is 2. The van der Waals surface area contributed by atoms with Crippen molar-refractivity contribution in [3.05, 3.63) is 42.0 Å². The molecule has 1 aliphatic heterocycles. The van der Waals surface area contributed by atoms with E-state index in [0.717, 1.165) is 37.7 Å². The summed E-state index contributed by atoms with van der Waals surface area (Å²) < 4.78 is 5.85. The number of ether oxygens (including phenoxy) is 1. The molecule has 3 heteroatoms. The van der Waals surface area contributed by atoms with Gasteiger partial charge in [0, 0.05) is 12.1 Å². The zero-order valence-electron chi connectivity index (χ0n) is 13.3. The van der Waals surface area contributed by atoms with Crippen LogP contribution in [-0.4, -0.2) is 25.5 Å². The van der Waals surface area contributed by atoms with Crippen LogP contribution in [0.4, 0.5) is 0 Å². The van der Waals surface area contributed by atoms with E-state index >= 15 is 0 Å². The van der Waals surface area contributed by atoms with Gasteiger partial charge in [0.1, 0.15) is 11.6 Å². The smallest absolute Gasteiger partial charge is 0.128 e. The van der Waals surface area contributed by atoms with Crippen LogP contribution < -0.4 is 10.1 Å². The van der Waals surface area contributed by atoms with Gasteiger partial charge in [-0.05, 0) is 35.4 Å². The number of amidine groups is 1. The molecule has 0 saturated heterocycles. The number of rotatable bonds is 7. The average Bonchev–Trinajstić information content (AvgIpc) is 3.08. The maximum Gasteiger partial charge on any atom is 0.128 e. The fraction of sp³-hybridized carbons (Fsp3) is 0.421. The van der Waals surface area contributed by atoms with Crippen molar-refractivity contribution in [1.29, 1.82) is 0 Å². The first-order valence-electron chi connectivity index (χ1n) is 8.32. The Balaban J connectivity index is 1.67. The summed E-state index contributed by atoms with van der Waals surface area (Å²) in [4.78, 5) is 4.48. The molecule has 0 saturated carbocycles. The number of hydrogen-bond acceptors (Lipinski definition) is 3. The standard InChI is InChI=1S/C19H24N2O/c1-2-3-4-5-12-22-18-9-8-15-13-17(7-6-16(15)14-18)19-20-10-11-21-19/h6-9,13-14H,2-5,10-12H2,1H3,(H,20,21). The molecule has 2 aromatic rings. The van der Waals surface area contributed by atoms with Crippen LogP contribution in [0, 0.1) is 0 Å². The van der Waals surface area contributed by atoms with E-state index in [1.165, 1.54) is 35.6 Å². The average molecular weight is 296 g/mol. The summed E-state index contributed by atoms with van der Waals surface area (Å²) in [6.45, 7) is 4.85. The molecule has 0 radical (unpaired) electrons. The van der Waals surface area contributed by atoms with E-state index in [9.17, 15) is 0 Å². The van der Waals surface area contributed by atoms with Gasteiger partial charge in [0.25, 0.3) is 0 Å². The van der Waals surface area contributed by atoms with Gasteiger partial charge in [-0.1, -0.05) is 44.4 Å². The van der Waals surface area contributed by atoms with Gasteiger partial charge < -0.3 is 10.1 Å². The molecule has 0 spiro atoms. The molecule has 0 aromatic heterocycles. The second-order valence-electron chi connectivity index (χ2n) is 5.79. The highest BCUT2D eigenvalue weighted by molar-refractivity contribution is 6.02. The van der Waals surface area contributed by atoms with E-state index in [1.807, 2.05) is 0 Å². The van der Waals surface area contributed by atoms with Gasteiger partial charge in [-0.3, -0.25) is 4.99 Å². The van der Waals surface area contributed by atoms with E-state index in [4.69, 9.17) is 4.74 Å². The number of nitrogens with one attached hydrogen (secondary N) is 1. The van der Waals surface area contributed by atoms with Crippen LogP contribution in [-0.2, 0) is 0 Å². The van der Waals surface area contributed by atoms with Crippen molar-refractivity contribution in [2.24, 2.45) is 4.99 Å². The molecule has 2 aromatic carbocycles. The summed E-state index contributed by atoms with van der Waals surface area (Å²) in [6, 6.07) is 12.8. The van der Waals surface area contributed by atoms with Gasteiger partial charge in [-0.25, -0.2) is 0 Å². The van der Waals surface area contributed by atoms with Gasteiger partial charge in [0.05, 0.1) is 13.2 Å². The lowest BCUT2D eigenvalue weighted by atomic mass is 10.1. The molecule has 22 heavy (non-hydrogen) atoms. The highest BCUT2D eigenvalue weighted by atomic mass is 16.5. The monoisotopic (exact) mass is 296 g/mol. The zero-order chi connectivity index (χ0) is 15.2. The molecule has 0 atom stereocenters. The number of hydrogen-bond donors (Lipinski definition) is 1. The second-order valence-corrected chi connectivity index (χ2v) is 5.79. The van der Waals surface area contributed by atoms with Crippen LogP contribution in [0.25, 0.3) is 10.8 Å². The maximum atomic E-state index is 5.85. The van der Waals surface area contributed by atoms with Crippen LogP contribution in [0.5, 0.6) is 5.75 Å². The van der Waals surface area contributed by atoms with E-state index in [0.29, 0.717) is 0 Å². The second kappa shape index (κ2) is 7.30. The van der Waals surface area contributed by atoms with Crippen LogP contribution in [0.3, 0.4) is 0 Å². The van der Waals surface area contributed by atoms with Crippen LogP contribution >= 0.6 is 0 Å². The van der Waals surface area contributed by atoms with Gasteiger partial charge in [-0.15, -0.1) is 0 Å². The Bertz CT molecular complexity index is 664. The first-order chi connectivity index (χ1) is 10.9. The third-order valence-electron chi connectivity index (χ3n) is 4.03. The number of aliphatic imine (C=N–C) groups is 1. The molecule has 0 bridgehead atoms. The fourth-order valence-corrected chi connectivity index (χ4v) is 2.77. The fourth-order valence-electron chi connectivity index (χ4n) is 2.77. The number of nitrogens with zero attached hydrogens (tertiary/aromatic N) is 1. The molecular formula is C19H24N2O. The Hall–Kier alpha value is -2.03. The predicted molar refractivity (Wildman–Crippen MR) is 93.0 cm³/mol. The quantitative estimate of drug-likeness (QED) is 0.779. The van der Waals surface area contributed by atoms with E-state index in [2.05, 4.69) is 53.6 Å². The summed E-state index contributed by atoms with van der Waals surface area (Å²) >= 11 is 0. The summed E-state index contributed by atoms with van der Waals surface area (Å²) in [5, 5.41) is 5.76. The molecule has 3 nitrogen and oxygen atoms in total. The largest absolute Gasteiger partial charge is 0.494 e. The minimum Gasteiger partial charge on any atom is -0.494 e. The first kappa shape index (κ1) is 14.9. The van der Waals surface area contributed by atoms with Crippen molar-refractivity contribution in [3.8, 4) is 5.75 Å². The summed E-state index contributed by atoms with van der Waals surface area (Å²) in [5.41, 5.74) is 1.17. The highest BCUT2D eigenvalue weighted by Gasteiger charge is 2.08. The molecule has 3 rings (SSSR count). The lowest BCUT2D eigenvalue weighted by Gasteiger charge is -2.08. The molecule has 0 unspecified atom stereocenters. The SMILES string of the molecule is CCCCCCOc1ccc2cc(C3=NCCN3)ccc2c1. The van der Waals surface area contributed by atoms with Gasteiger partial charge in [0.15, 0.2) is 0 Å². The summed E-state index contributed by atoms with van der Waals surface area (Å²) in [5.74, 6) is 1.98. The van der Waals surface area contributed by atoms with E-state index in [1.54, 1.807) is 0 Å². The van der Waals surface area contributed by atoms with Crippen LogP contribution in [0.2, 0.25) is 0 Å². The topological polar surface area (TPSA) is 33.6 Å². The minimum atomic E-state index is 0.810. The zero-order valence-corrected chi connectivity index (χ0v) is 13.3. The Morgan fingerprint density at radius 1 is 1.05 bits per heavy atom. The molecule has 1 aliphatic rings. The minimum absolute atomic E-state index is 0.810. The van der Waals surface area contributed by atoms with Crippen LogP contribution in [0.1, 0.15) is 38.2 Å². The lowest BCUT2D eigenvalue weighted by molar-refractivity contribution is 0.305. The molecule has 0 fully saturated rings. The molecule has 116 valence electrons. The van der Waals surface area contributed by atoms with Crippen molar-refractivity contribution in [1.82, 2.24) is 5.32 Å². The molecule has 1 heterocycles. The van der Waals surface area contributed by atoms with Gasteiger partial charge >= 0.3 is 0 Å². The van der Waals surface area contributed by atoms with E-state index < -0.39 is 0 Å². The third kappa shape index (κ3) is 3.59. The summed E-state index contributed by atoms with van der Waals surface area (Å²) in [6.07, 6.45) is 4.94. The van der Waals surface area contributed by atoms with Crippen molar-refractivity contribution < 1.29 is 4.74 Å². The summed E-state index contributed by atoms with van der Waals surface area (Å²) in [7, 11) is 0. The predicted octanol–water partition coefficient (Wildman–Crippen LogP) is 4.15. The van der Waals surface area contributed by atoms with Crippen molar-refractivity contribution in [3.63, 3.8) is 0 Å². The van der Waals surface area contributed by atoms with Gasteiger partial charge in [-0.2, -0.15) is 0 Å². The molecule has 0 amide bonds. The lowest BCUT2D eigenvalue weighted by Crippen LogP contribution is -2.19.